The van der Waals surface area contributed by atoms with Gasteiger partial charge in [-0.15, -0.1) is 0 Å². The van der Waals surface area contributed by atoms with Gasteiger partial charge in [0.25, 0.3) is 0 Å². The fourth-order valence-electron chi connectivity index (χ4n) is 3.17. The van der Waals surface area contributed by atoms with Crippen molar-refractivity contribution < 1.29 is 9.53 Å². The van der Waals surface area contributed by atoms with Gasteiger partial charge in [0.2, 0.25) is 0 Å². The number of ether oxygens (including phenoxy) is 1. The summed E-state index contributed by atoms with van der Waals surface area (Å²) in [5.41, 5.74) is 11.7. The zero-order valence-corrected chi connectivity index (χ0v) is 13.2. The van der Waals surface area contributed by atoms with E-state index in [1.807, 2.05) is 19.9 Å². The van der Waals surface area contributed by atoms with Gasteiger partial charge in [-0.2, -0.15) is 0 Å². The predicted molar refractivity (Wildman–Crippen MR) is 87.4 cm³/mol. The van der Waals surface area contributed by atoms with Crippen LogP contribution in [-0.2, 0) is 16.0 Å². The summed E-state index contributed by atoms with van der Waals surface area (Å²) >= 11 is 0. The quantitative estimate of drug-likeness (QED) is 0.753. The first-order chi connectivity index (χ1) is 10.4. The molecule has 3 rings (SSSR count). The normalized spacial score (nSPS) is 14.2. The lowest BCUT2D eigenvalue weighted by Crippen LogP contribution is -2.37. The van der Waals surface area contributed by atoms with Gasteiger partial charge in [0.15, 0.2) is 0 Å². The monoisotopic (exact) mass is 295 g/mol. The van der Waals surface area contributed by atoms with Gasteiger partial charge in [-0.25, -0.2) is 0 Å². The van der Waals surface area contributed by atoms with E-state index in [2.05, 4.69) is 36.4 Å². The molecule has 22 heavy (non-hydrogen) atoms. The van der Waals surface area contributed by atoms with Crippen LogP contribution in [0.2, 0.25) is 0 Å². The number of hydrogen-bond acceptors (Lipinski definition) is 3. The molecule has 0 bridgehead atoms. The number of benzene rings is 2. The van der Waals surface area contributed by atoms with E-state index in [0.717, 1.165) is 12.0 Å². The molecule has 3 nitrogen and oxygen atoms in total. The molecule has 0 saturated heterocycles. The van der Waals surface area contributed by atoms with E-state index in [4.69, 9.17) is 10.5 Å². The largest absolute Gasteiger partial charge is 0.469 e. The van der Waals surface area contributed by atoms with Crippen LogP contribution in [0.1, 0.15) is 36.6 Å². The van der Waals surface area contributed by atoms with Gasteiger partial charge in [-0.3, -0.25) is 4.79 Å². The Morgan fingerprint density at radius 2 is 1.82 bits per heavy atom. The minimum absolute atomic E-state index is 0.288. The molecule has 1 aliphatic rings. The SMILES string of the molecule is COC(=O)C(C)(C)[C@@H](N)c1ccc2c(c1)Cc1ccccc1-2. The Kier molecular flexibility index (Phi) is 3.53. The minimum atomic E-state index is -0.756. The van der Waals surface area contributed by atoms with Gasteiger partial charge < -0.3 is 10.5 Å². The lowest BCUT2D eigenvalue weighted by atomic mass is 9.80. The Morgan fingerprint density at radius 1 is 1.14 bits per heavy atom. The summed E-state index contributed by atoms with van der Waals surface area (Å²) in [4.78, 5) is 12.0. The average molecular weight is 295 g/mol. The van der Waals surface area contributed by atoms with Crippen molar-refractivity contribution in [3.63, 3.8) is 0 Å². The van der Waals surface area contributed by atoms with E-state index in [1.165, 1.54) is 29.4 Å². The summed E-state index contributed by atoms with van der Waals surface area (Å²) in [6.07, 6.45) is 0.921. The Balaban J connectivity index is 1.96. The number of carbonyl (C=O) groups excluding carboxylic acids is 1. The highest BCUT2D eigenvalue weighted by Gasteiger charge is 2.37. The maximum atomic E-state index is 12.0. The molecule has 0 saturated carbocycles. The number of fused-ring (bicyclic) bond motifs is 3. The number of nitrogens with two attached hydrogens (primary N) is 1. The number of esters is 1. The Hall–Kier alpha value is -2.13. The second-order valence-electron chi connectivity index (χ2n) is 6.44. The Morgan fingerprint density at radius 3 is 2.55 bits per heavy atom. The van der Waals surface area contributed by atoms with Crippen LogP contribution in [0.5, 0.6) is 0 Å². The number of methoxy groups -OCH3 is 1. The molecule has 0 fully saturated rings. The summed E-state index contributed by atoms with van der Waals surface area (Å²) in [5.74, 6) is -0.288. The van der Waals surface area contributed by atoms with Crippen molar-refractivity contribution in [2.24, 2.45) is 11.1 Å². The minimum Gasteiger partial charge on any atom is -0.469 e. The smallest absolute Gasteiger partial charge is 0.313 e. The molecule has 2 N–H and O–H groups in total. The summed E-state index contributed by atoms with van der Waals surface area (Å²) in [7, 11) is 1.40. The van der Waals surface area contributed by atoms with Crippen LogP contribution in [0.15, 0.2) is 42.5 Å². The van der Waals surface area contributed by atoms with Crippen LogP contribution >= 0.6 is 0 Å². The zero-order valence-electron chi connectivity index (χ0n) is 13.2. The molecule has 2 aromatic rings. The molecule has 0 unspecified atom stereocenters. The Labute approximate surface area is 131 Å². The summed E-state index contributed by atoms with van der Waals surface area (Å²) in [6, 6.07) is 14.3. The molecule has 0 amide bonds. The fraction of sp³-hybridized carbons (Fsp3) is 0.316. The molecule has 3 heteroatoms. The molecular formula is C19H21NO2. The maximum absolute atomic E-state index is 12.0. The number of rotatable bonds is 3. The summed E-state index contributed by atoms with van der Waals surface area (Å²) in [6.45, 7) is 3.65. The van der Waals surface area contributed by atoms with E-state index in [9.17, 15) is 4.79 Å². The molecular weight excluding hydrogens is 274 g/mol. The predicted octanol–water partition coefficient (Wildman–Crippen LogP) is 3.46. The lowest BCUT2D eigenvalue weighted by Gasteiger charge is -2.29. The molecule has 0 spiro atoms. The van der Waals surface area contributed by atoms with E-state index < -0.39 is 11.5 Å². The highest BCUT2D eigenvalue weighted by molar-refractivity contribution is 5.79. The first kappa shape index (κ1) is 14.8. The number of carbonyl (C=O) groups is 1. The molecule has 0 heterocycles. The first-order valence-corrected chi connectivity index (χ1v) is 7.50. The maximum Gasteiger partial charge on any atom is 0.313 e. The standard InChI is InChI=1S/C19H21NO2/c1-19(2,18(21)22-3)17(20)13-8-9-16-14(11-13)10-12-6-4-5-7-15(12)16/h4-9,11,17H,10,20H2,1-3H3/t17-/m0/s1. The molecule has 1 aliphatic carbocycles. The van der Waals surface area contributed by atoms with Crippen LogP contribution in [0.3, 0.4) is 0 Å². The zero-order chi connectivity index (χ0) is 15.9. The fourth-order valence-corrected chi connectivity index (χ4v) is 3.17. The van der Waals surface area contributed by atoms with E-state index in [-0.39, 0.29) is 5.97 Å². The van der Waals surface area contributed by atoms with Gasteiger partial charge in [0.1, 0.15) is 0 Å². The molecule has 0 radical (unpaired) electrons. The van der Waals surface area contributed by atoms with Gasteiger partial charge >= 0.3 is 5.97 Å². The molecule has 1 atom stereocenters. The molecule has 0 aromatic heterocycles. The highest BCUT2D eigenvalue weighted by Crippen LogP contribution is 2.39. The van der Waals surface area contributed by atoms with Crippen molar-refractivity contribution in [1.29, 1.82) is 0 Å². The van der Waals surface area contributed by atoms with Crippen molar-refractivity contribution in [2.75, 3.05) is 7.11 Å². The Bertz CT molecular complexity index is 734. The van der Waals surface area contributed by atoms with Crippen LogP contribution in [0, 0.1) is 5.41 Å². The van der Waals surface area contributed by atoms with Gasteiger partial charge in [0, 0.05) is 6.04 Å². The van der Waals surface area contributed by atoms with Gasteiger partial charge in [-0.05, 0) is 48.1 Å². The van der Waals surface area contributed by atoms with E-state index in [1.54, 1.807) is 0 Å². The highest BCUT2D eigenvalue weighted by atomic mass is 16.5. The van der Waals surface area contributed by atoms with E-state index >= 15 is 0 Å². The molecule has 0 aliphatic heterocycles. The first-order valence-electron chi connectivity index (χ1n) is 7.50. The second kappa shape index (κ2) is 5.25. The van der Waals surface area contributed by atoms with Crippen molar-refractivity contribution in [3.8, 4) is 11.1 Å². The van der Waals surface area contributed by atoms with Gasteiger partial charge in [-0.1, -0.05) is 42.5 Å². The van der Waals surface area contributed by atoms with Gasteiger partial charge in [0.05, 0.1) is 12.5 Å². The second-order valence-corrected chi connectivity index (χ2v) is 6.44. The third kappa shape index (κ3) is 2.22. The summed E-state index contributed by atoms with van der Waals surface area (Å²) < 4.78 is 4.88. The van der Waals surface area contributed by atoms with E-state index in [0.29, 0.717) is 0 Å². The molecule has 2 aromatic carbocycles. The molecule has 114 valence electrons. The van der Waals surface area contributed by atoms with Crippen LogP contribution in [0.25, 0.3) is 11.1 Å². The lowest BCUT2D eigenvalue weighted by molar-refractivity contribution is -0.152. The van der Waals surface area contributed by atoms with Crippen molar-refractivity contribution >= 4 is 5.97 Å². The van der Waals surface area contributed by atoms with Crippen molar-refractivity contribution in [1.82, 2.24) is 0 Å². The third-order valence-electron chi connectivity index (χ3n) is 4.67. The number of hydrogen-bond donors (Lipinski definition) is 1. The average Bonchev–Trinajstić information content (AvgIpc) is 2.90. The van der Waals surface area contributed by atoms with Crippen molar-refractivity contribution in [2.45, 2.75) is 26.3 Å². The van der Waals surface area contributed by atoms with Crippen LogP contribution in [0.4, 0.5) is 0 Å². The summed E-state index contributed by atoms with van der Waals surface area (Å²) in [5, 5.41) is 0. The van der Waals surface area contributed by atoms with Crippen LogP contribution < -0.4 is 5.73 Å². The third-order valence-corrected chi connectivity index (χ3v) is 4.67. The topological polar surface area (TPSA) is 52.3 Å². The van der Waals surface area contributed by atoms with Crippen molar-refractivity contribution in [3.05, 3.63) is 59.2 Å². The van der Waals surface area contributed by atoms with Crippen LogP contribution in [-0.4, -0.2) is 13.1 Å².